The molecule has 1 aromatic rings. The van der Waals surface area contributed by atoms with Gasteiger partial charge in [0.1, 0.15) is 5.82 Å². The van der Waals surface area contributed by atoms with Crippen molar-refractivity contribution in [2.75, 3.05) is 13.2 Å². The number of nitrogens with one attached hydrogen (secondary N) is 1. The summed E-state index contributed by atoms with van der Waals surface area (Å²) in [7, 11) is 0. The smallest absolute Gasteiger partial charge is 0.255 e. The van der Waals surface area contributed by atoms with Crippen LogP contribution in [0.1, 0.15) is 36.5 Å². The van der Waals surface area contributed by atoms with E-state index in [9.17, 15) is 9.18 Å². The third-order valence-electron chi connectivity index (χ3n) is 2.98. The number of rotatable bonds is 7. The monoisotopic (exact) mass is 331 g/mol. The molecule has 5 heteroatoms. The molecule has 0 saturated heterocycles. The summed E-state index contributed by atoms with van der Waals surface area (Å²) in [5.41, 5.74) is 0.0294. The van der Waals surface area contributed by atoms with Crippen molar-refractivity contribution in [2.45, 2.75) is 26.2 Å². The largest absolute Gasteiger partial charge is 0.396 e. The molecule has 2 N–H and O–H groups in total. The lowest BCUT2D eigenvalue weighted by Crippen LogP contribution is -2.30. The van der Waals surface area contributed by atoms with Gasteiger partial charge in [0.05, 0.1) is 5.56 Å². The molecule has 0 aliphatic carbocycles. The predicted molar refractivity (Wildman–Crippen MR) is 76.5 cm³/mol. The van der Waals surface area contributed by atoms with Crippen molar-refractivity contribution in [3.63, 3.8) is 0 Å². The summed E-state index contributed by atoms with van der Waals surface area (Å²) in [5.74, 6) is -0.741. The molecule has 0 aliphatic heterocycles. The van der Waals surface area contributed by atoms with E-state index in [0.717, 1.165) is 12.8 Å². The van der Waals surface area contributed by atoms with Crippen molar-refractivity contribution in [2.24, 2.45) is 5.92 Å². The lowest BCUT2D eigenvalue weighted by Gasteiger charge is -2.16. The SMILES string of the molecule is CCCC(CCO)CNC(=O)c1c(F)cccc1Br. The van der Waals surface area contributed by atoms with Gasteiger partial charge in [-0.25, -0.2) is 4.39 Å². The number of hydrogen-bond acceptors (Lipinski definition) is 2. The molecule has 3 nitrogen and oxygen atoms in total. The molecule has 1 atom stereocenters. The van der Waals surface area contributed by atoms with Gasteiger partial charge in [0, 0.05) is 17.6 Å². The van der Waals surface area contributed by atoms with Crippen molar-refractivity contribution in [3.8, 4) is 0 Å². The molecule has 1 rings (SSSR count). The Morgan fingerprint density at radius 2 is 2.21 bits per heavy atom. The predicted octanol–water partition coefficient (Wildman–Crippen LogP) is 3.12. The minimum absolute atomic E-state index is 0.0294. The zero-order valence-corrected chi connectivity index (χ0v) is 12.5. The first kappa shape index (κ1) is 16.1. The molecule has 0 saturated carbocycles. The second-order valence-electron chi connectivity index (χ2n) is 4.47. The van der Waals surface area contributed by atoms with Crippen molar-refractivity contribution in [1.82, 2.24) is 5.32 Å². The van der Waals surface area contributed by atoms with E-state index < -0.39 is 11.7 Å². The number of benzene rings is 1. The minimum atomic E-state index is -0.541. The molecule has 106 valence electrons. The summed E-state index contributed by atoms with van der Waals surface area (Å²) < 4.78 is 14.0. The van der Waals surface area contributed by atoms with E-state index in [0.29, 0.717) is 17.4 Å². The van der Waals surface area contributed by atoms with E-state index >= 15 is 0 Å². The second-order valence-corrected chi connectivity index (χ2v) is 5.33. The maximum atomic E-state index is 13.6. The molecule has 1 unspecified atom stereocenters. The Labute approximate surface area is 121 Å². The fraction of sp³-hybridized carbons (Fsp3) is 0.500. The number of aliphatic hydroxyl groups excluding tert-OH is 1. The molecule has 0 heterocycles. The first-order valence-electron chi connectivity index (χ1n) is 6.43. The van der Waals surface area contributed by atoms with Gasteiger partial charge < -0.3 is 10.4 Å². The Hall–Kier alpha value is -0.940. The van der Waals surface area contributed by atoms with E-state index in [1.54, 1.807) is 12.1 Å². The van der Waals surface area contributed by atoms with E-state index in [-0.39, 0.29) is 18.1 Å². The Kier molecular flexibility index (Phi) is 7.02. The summed E-state index contributed by atoms with van der Waals surface area (Å²) in [6, 6.07) is 4.44. The van der Waals surface area contributed by atoms with Crippen LogP contribution in [0.3, 0.4) is 0 Å². The number of carbonyl (C=O) groups excluding carboxylic acids is 1. The van der Waals surface area contributed by atoms with Gasteiger partial charge in [-0.05, 0) is 46.8 Å². The lowest BCUT2D eigenvalue weighted by molar-refractivity contribution is 0.0938. The quantitative estimate of drug-likeness (QED) is 0.806. The summed E-state index contributed by atoms with van der Waals surface area (Å²) in [6.07, 6.45) is 2.57. The summed E-state index contributed by atoms with van der Waals surface area (Å²) >= 11 is 3.18. The van der Waals surface area contributed by atoms with E-state index in [4.69, 9.17) is 5.11 Å². The minimum Gasteiger partial charge on any atom is -0.396 e. The number of aliphatic hydroxyl groups is 1. The van der Waals surface area contributed by atoms with Gasteiger partial charge in [-0.1, -0.05) is 19.4 Å². The fourth-order valence-electron chi connectivity index (χ4n) is 1.98. The first-order chi connectivity index (χ1) is 9.10. The molecule has 0 aromatic heterocycles. The van der Waals surface area contributed by atoms with Gasteiger partial charge >= 0.3 is 0 Å². The third-order valence-corrected chi connectivity index (χ3v) is 3.64. The van der Waals surface area contributed by atoms with Crippen molar-refractivity contribution >= 4 is 21.8 Å². The molecule has 1 aromatic carbocycles. The number of amides is 1. The molecule has 0 bridgehead atoms. The molecule has 0 spiro atoms. The van der Waals surface area contributed by atoms with Gasteiger partial charge in [0.15, 0.2) is 0 Å². The fourth-order valence-corrected chi connectivity index (χ4v) is 2.50. The lowest BCUT2D eigenvalue weighted by atomic mass is 10.00. The molecule has 0 aliphatic rings. The molecular weight excluding hydrogens is 313 g/mol. The molecule has 0 fully saturated rings. The van der Waals surface area contributed by atoms with Crippen LogP contribution in [-0.4, -0.2) is 24.2 Å². The van der Waals surface area contributed by atoms with Crippen molar-refractivity contribution in [3.05, 3.63) is 34.1 Å². The van der Waals surface area contributed by atoms with Crippen LogP contribution < -0.4 is 5.32 Å². The molecule has 0 radical (unpaired) electrons. The summed E-state index contributed by atoms with van der Waals surface area (Å²) in [4.78, 5) is 12.0. The highest BCUT2D eigenvalue weighted by Crippen LogP contribution is 2.19. The van der Waals surface area contributed by atoms with Crippen LogP contribution in [0.4, 0.5) is 4.39 Å². The number of hydrogen-bond donors (Lipinski definition) is 2. The van der Waals surface area contributed by atoms with Crippen LogP contribution in [0, 0.1) is 11.7 Å². The highest BCUT2D eigenvalue weighted by molar-refractivity contribution is 9.10. The molecule has 19 heavy (non-hydrogen) atoms. The molecule has 1 amide bonds. The second kappa shape index (κ2) is 8.27. The number of carbonyl (C=O) groups is 1. The zero-order chi connectivity index (χ0) is 14.3. The van der Waals surface area contributed by atoms with Crippen molar-refractivity contribution in [1.29, 1.82) is 0 Å². The Bertz CT molecular complexity index is 400. The number of halogens is 2. The Balaban J connectivity index is 2.64. The topological polar surface area (TPSA) is 49.3 Å². The maximum Gasteiger partial charge on any atom is 0.255 e. The zero-order valence-electron chi connectivity index (χ0n) is 11.0. The van der Waals surface area contributed by atoms with Crippen LogP contribution >= 0.6 is 15.9 Å². The normalized spacial score (nSPS) is 12.2. The van der Waals surface area contributed by atoms with E-state index in [1.165, 1.54) is 6.07 Å². The highest BCUT2D eigenvalue weighted by atomic mass is 79.9. The van der Waals surface area contributed by atoms with Crippen molar-refractivity contribution < 1.29 is 14.3 Å². The Morgan fingerprint density at radius 1 is 1.47 bits per heavy atom. The van der Waals surface area contributed by atoms with Gasteiger partial charge in [-0.2, -0.15) is 0 Å². The summed E-state index contributed by atoms with van der Waals surface area (Å²) in [6.45, 7) is 2.61. The average molecular weight is 332 g/mol. The third kappa shape index (κ3) is 4.91. The van der Waals surface area contributed by atoms with Gasteiger partial charge in [-0.3, -0.25) is 4.79 Å². The Morgan fingerprint density at radius 3 is 2.79 bits per heavy atom. The standard InChI is InChI=1S/C14H19BrFNO2/c1-2-4-10(7-8-18)9-17-14(19)13-11(15)5-3-6-12(13)16/h3,5-6,10,18H,2,4,7-9H2,1H3,(H,17,19). The van der Waals surface area contributed by atoms with Crippen LogP contribution in [0.15, 0.2) is 22.7 Å². The van der Waals surface area contributed by atoms with Gasteiger partial charge in [0.25, 0.3) is 5.91 Å². The van der Waals surface area contributed by atoms with Crippen LogP contribution in [0.5, 0.6) is 0 Å². The van der Waals surface area contributed by atoms with Crippen LogP contribution in [0.2, 0.25) is 0 Å². The van der Waals surface area contributed by atoms with E-state index in [2.05, 4.69) is 28.2 Å². The summed E-state index contributed by atoms with van der Waals surface area (Å²) in [5, 5.41) is 11.7. The van der Waals surface area contributed by atoms with E-state index in [1.807, 2.05) is 0 Å². The van der Waals surface area contributed by atoms with Crippen LogP contribution in [0.25, 0.3) is 0 Å². The van der Waals surface area contributed by atoms with Crippen LogP contribution in [-0.2, 0) is 0 Å². The first-order valence-corrected chi connectivity index (χ1v) is 7.22. The van der Waals surface area contributed by atoms with Gasteiger partial charge in [0.2, 0.25) is 0 Å². The molecular formula is C14H19BrFNO2. The highest BCUT2D eigenvalue weighted by Gasteiger charge is 2.16. The average Bonchev–Trinajstić information content (AvgIpc) is 2.36. The van der Waals surface area contributed by atoms with Gasteiger partial charge in [-0.15, -0.1) is 0 Å². The maximum absolute atomic E-state index is 13.6.